The molecule has 0 saturated carbocycles. The number of benzene rings is 4. The van der Waals surface area contributed by atoms with Gasteiger partial charge in [-0.2, -0.15) is 0 Å². The van der Waals surface area contributed by atoms with Gasteiger partial charge < -0.3 is 4.74 Å². The Hall–Kier alpha value is -4.75. The lowest BCUT2D eigenvalue weighted by Gasteiger charge is -2.29. The first-order chi connectivity index (χ1) is 18.5. The zero-order chi connectivity index (χ0) is 26.2. The number of hydroxylamine groups is 1. The van der Waals surface area contributed by atoms with E-state index in [2.05, 4.69) is 0 Å². The van der Waals surface area contributed by atoms with Crippen molar-refractivity contribution < 1.29 is 24.0 Å². The molecule has 0 N–H and O–H groups in total. The topological polar surface area (TPSA) is 76.2 Å². The standard InChI is InChI=1S/C31H24N2O5/c1-20-9-8-14-24(19-20)32-29(34)26-27(33(38-28(26)30(32)35)23-12-6-3-7-13-23)21-15-17-25(18-16-21)37-31(36)22-10-4-2-5-11-22/h2-19,26-28H,1H3/t26-,27-,28+/m1/s1. The molecule has 0 aliphatic carbocycles. The summed E-state index contributed by atoms with van der Waals surface area (Å²) in [5, 5.41) is 1.64. The molecule has 0 aromatic heterocycles. The number of carbonyl (C=O) groups is 3. The number of anilines is 2. The van der Waals surface area contributed by atoms with E-state index in [4.69, 9.17) is 9.57 Å². The molecule has 6 rings (SSSR count). The van der Waals surface area contributed by atoms with Crippen LogP contribution in [0.25, 0.3) is 0 Å². The van der Waals surface area contributed by atoms with Crippen LogP contribution in [0.4, 0.5) is 11.4 Å². The molecule has 0 unspecified atom stereocenters. The molecule has 0 spiro atoms. The predicted molar refractivity (Wildman–Crippen MR) is 142 cm³/mol. The van der Waals surface area contributed by atoms with Crippen LogP contribution >= 0.6 is 0 Å². The maximum absolute atomic E-state index is 13.8. The molecule has 7 nitrogen and oxygen atoms in total. The summed E-state index contributed by atoms with van der Waals surface area (Å²) in [7, 11) is 0. The number of hydrogen-bond donors (Lipinski definition) is 0. The Balaban J connectivity index is 1.33. The van der Waals surface area contributed by atoms with Gasteiger partial charge in [0.25, 0.3) is 5.91 Å². The molecule has 7 heteroatoms. The molecule has 2 saturated heterocycles. The molecule has 188 valence electrons. The smallest absolute Gasteiger partial charge is 0.343 e. The van der Waals surface area contributed by atoms with Crippen molar-refractivity contribution in [3.8, 4) is 5.75 Å². The third-order valence-electron chi connectivity index (χ3n) is 6.83. The third kappa shape index (κ3) is 4.13. The number of nitrogens with zero attached hydrogens (tertiary/aromatic N) is 2. The third-order valence-corrected chi connectivity index (χ3v) is 6.83. The number of amides is 2. The maximum Gasteiger partial charge on any atom is 0.343 e. The first kappa shape index (κ1) is 23.6. The average Bonchev–Trinajstić information content (AvgIpc) is 3.45. The second-order valence-electron chi connectivity index (χ2n) is 9.33. The van der Waals surface area contributed by atoms with Crippen molar-refractivity contribution in [3.63, 3.8) is 0 Å². The number of rotatable bonds is 5. The molecule has 2 heterocycles. The van der Waals surface area contributed by atoms with Crippen molar-refractivity contribution >= 4 is 29.2 Å². The van der Waals surface area contributed by atoms with Crippen molar-refractivity contribution in [2.24, 2.45) is 5.92 Å². The first-order valence-corrected chi connectivity index (χ1v) is 12.3. The summed E-state index contributed by atoms with van der Waals surface area (Å²) in [5.74, 6) is -1.53. The molecule has 0 radical (unpaired) electrons. The van der Waals surface area contributed by atoms with Crippen LogP contribution < -0.4 is 14.7 Å². The van der Waals surface area contributed by atoms with Crippen molar-refractivity contribution in [1.29, 1.82) is 0 Å². The molecule has 2 aliphatic rings. The van der Waals surface area contributed by atoms with Crippen LogP contribution in [0.2, 0.25) is 0 Å². The molecule has 3 atom stereocenters. The Kier molecular flexibility index (Phi) is 5.98. The molecule has 2 aliphatic heterocycles. The van der Waals surface area contributed by atoms with Crippen LogP contribution in [-0.2, 0) is 14.4 Å². The van der Waals surface area contributed by atoms with Crippen molar-refractivity contribution in [2.75, 3.05) is 9.96 Å². The molecule has 0 bridgehead atoms. The van der Waals surface area contributed by atoms with Gasteiger partial charge in [0.1, 0.15) is 11.7 Å². The van der Waals surface area contributed by atoms with E-state index in [1.165, 1.54) is 4.90 Å². The van der Waals surface area contributed by atoms with E-state index in [-0.39, 0.29) is 11.8 Å². The Bertz CT molecular complexity index is 1500. The summed E-state index contributed by atoms with van der Waals surface area (Å²) in [6, 6.07) is 31.8. The Morgan fingerprint density at radius 3 is 2.11 bits per heavy atom. The highest BCUT2D eigenvalue weighted by Crippen LogP contribution is 2.47. The van der Waals surface area contributed by atoms with E-state index >= 15 is 0 Å². The SMILES string of the molecule is Cc1cccc(N2C(=O)[C@H]3[C@H](ON(c4ccccc4)[C@@H]3c3ccc(OC(=O)c4ccccc4)cc3)C2=O)c1. The van der Waals surface area contributed by atoms with Crippen molar-refractivity contribution in [1.82, 2.24) is 0 Å². The van der Waals surface area contributed by atoms with Crippen LogP contribution in [0.5, 0.6) is 5.75 Å². The summed E-state index contributed by atoms with van der Waals surface area (Å²) < 4.78 is 5.53. The van der Waals surface area contributed by atoms with E-state index in [9.17, 15) is 14.4 Å². The van der Waals surface area contributed by atoms with E-state index in [1.807, 2.05) is 61.5 Å². The molecule has 2 fully saturated rings. The second kappa shape index (κ2) is 9.61. The van der Waals surface area contributed by atoms with Gasteiger partial charge in [-0.05, 0) is 66.6 Å². The number of imide groups is 1. The quantitative estimate of drug-likeness (QED) is 0.210. The fourth-order valence-corrected chi connectivity index (χ4v) is 5.05. The van der Waals surface area contributed by atoms with Gasteiger partial charge in [-0.1, -0.05) is 60.7 Å². The number of aryl methyl sites for hydroxylation is 1. The first-order valence-electron chi connectivity index (χ1n) is 12.3. The minimum atomic E-state index is -0.955. The minimum Gasteiger partial charge on any atom is -0.423 e. The molecule has 4 aromatic rings. The van der Waals surface area contributed by atoms with Gasteiger partial charge >= 0.3 is 5.97 Å². The summed E-state index contributed by atoms with van der Waals surface area (Å²) in [6.07, 6.45) is -0.955. The fraction of sp³-hybridized carbons (Fsp3) is 0.129. The zero-order valence-electron chi connectivity index (χ0n) is 20.6. The minimum absolute atomic E-state index is 0.311. The van der Waals surface area contributed by atoms with E-state index in [0.29, 0.717) is 17.0 Å². The largest absolute Gasteiger partial charge is 0.423 e. The van der Waals surface area contributed by atoms with Gasteiger partial charge in [-0.3, -0.25) is 14.4 Å². The Labute approximate surface area is 219 Å². The van der Waals surface area contributed by atoms with Crippen LogP contribution in [0.3, 0.4) is 0 Å². The van der Waals surface area contributed by atoms with Crippen LogP contribution in [0.1, 0.15) is 27.5 Å². The van der Waals surface area contributed by atoms with Gasteiger partial charge in [0.2, 0.25) is 5.91 Å². The number of fused-ring (bicyclic) bond motifs is 1. The maximum atomic E-state index is 13.8. The van der Waals surface area contributed by atoms with Gasteiger partial charge in [0.15, 0.2) is 6.10 Å². The normalized spacial score (nSPS) is 20.5. The lowest BCUT2D eigenvalue weighted by Crippen LogP contribution is -2.37. The molecular weight excluding hydrogens is 480 g/mol. The van der Waals surface area contributed by atoms with Gasteiger partial charge in [-0.25, -0.2) is 14.8 Å². The van der Waals surface area contributed by atoms with E-state index in [1.54, 1.807) is 59.7 Å². The van der Waals surface area contributed by atoms with Gasteiger partial charge in [0.05, 0.1) is 23.0 Å². The monoisotopic (exact) mass is 504 g/mol. The van der Waals surface area contributed by atoms with Crippen molar-refractivity contribution in [2.45, 2.75) is 19.1 Å². The highest BCUT2D eigenvalue weighted by molar-refractivity contribution is 6.24. The molecular formula is C31H24N2O5. The number of para-hydroxylation sites is 1. The highest BCUT2D eigenvalue weighted by Gasteiger charge is 2.60. The average molecular weight is 505 g/mol. The summed E-state index contributed by atoms with van der Waals surface area (Å²) in [4.78, 5) is 47.1. The van der Waals surface area contributed by atoms with Crippen LogP contribution in [-0.4, -0.2) is 23.9 Å². The van der Waals surface area contributed by atoms with Gasteiger partial charge in [0, 0.05) is 0 Å². The fourth-order valence-electron chi connectivity index (χ4n) is 5.05. The van der Waals surface area contributed by atoms with Crippen molar-refractivity contribution in [3.05, 3.63) is 126 Å². The lowest BCUT2D eigenvalue weighted by atomic mass is 9.90. The zero-order valence-corrected chi connectivity index (χ0v) is 20.6. The summed E-state index contributed by atoms with van der Waals surface area (Å²) in [6.45, 7) is 1.91. The molecule has 2 amide bonds. The van der Waals surface area contributed by atoms with E-state index in [0.717, 1.165) is 16.8 Å². The van der Waals surface area contributed by atoms with Crippen LogP contribution in [0.15, 0.2) is 109 Å². The number of hydrogen-bond acceptors (Lipinski definition) is 6. The lowest BCUT2D eigenvalue weighted by molar-refractivity contribution is -0.126. The highest BCUT2D eigenvalue weighted by atomic mass is 16.7. The molecule has 4 aromatic carbocycles. The number of ether oxygens (including phenoxy) is 1. The predicted octanol–water partition coefficient (Wildman–Crippen LogP) is 5.27. The van der Waals surface area contributed by atoms with E-state index < -0.39 is 24.0 Å². The molecule has 38 heavy (non-hydrogen) atoms. The Morgan fingerprint density at radius 1 is 0.763 bits per heavy atom. The van der Waals surface area contributed by atoms with Crippen LogP contribution in [0, 0.1) is 12.8 Å². The number of carbonyl (C=O) groups excluding carboxylic acids is 3. The second-order valence-corrected chi connectivity index (χ2v) is 9.33. The number of esters is 1. The van der Waals surface area contributed by atoms with Gasteiger partial charge in [-0.15, -0.1) is 0 Å². The Morgan fingerprint density at radius 2 is 1.42 bits per heavy atom. The summed E-state index contributed by atoms with van der Waals surface area (Å²) >= 11 is 0. The summed E-state index contributed by atoms with van der Waals surface area (Å²) in [5.41, 5.74) is 3.42.